The zero-order valence-corrected chi connectivity index (χ0v) is 9.97. The van der Waals surface area contributed by atoms with Crippen molar-refractivity contribution in [3.8, 4) is 5.75 Å². The standard InChI is InChI=1S/C13H16O4/c1-3-11(13(15)16-4-2)17-12-8-6-5-7-10(12)9-14/h3,5-8,14H,4,9H2,1-2H3/b11-3+. The molecular formula is C13H16O4. The van der Waals surface area contributed by atoms with Crippen LogP contribution in [0.25, 0.3) is 0 Å². The van der Waals surface area contributed by atoms with Crippen LogP contribution >= 0.6 is 0 Å². The smallest absolute Gasteiger partial charge is 0.373 e. The third-order valence-electron chi connectivity index (χ3n) is 2.10. The van der Waals surface area contributed by atoms with Crippen LogP contribution in [0.1, 0.15) is 19.4 Å². The van der Waals surface area contributed by atoms with Gasteiger partial charge in [0, 0.05) is 5.56 Å². The van der Waals surface area contributed by atoms with Crippen LogP contribution in [0.15, 0.2) is 36.1 Å². The molecule has 0 aromatic heterocycles. The van der Waals surface area contributed by atoms with Crippen LogP contribution in [0.2, 0.25) is 0 Å². The number of rotatable bonds is 5. The maximum Gasteiger partial charge on any atom is 0.373 e. The van der Waals surface area contributed by atoms with Crippen molar-refractivity contribution in [3.63, 3.8) is 0 Å². The molecule has 0 spiro atoms. The van der Waals surface area contributed by atoms with Crippen LogP contribution in [0.4, 0.5) is 0 Å². The Hall–Kier alpha value is -1.81. The van der Waals surface area contributed by atoms with Crippen LogP contribution in [0.3, 0.4) is 0 Å². The van der Waals surface area contributed by atoms with E-state index < -0.39 is 5.97 Å². The number of ether oxygens (including phenoxy) is 2. The number of esters is 1. The van der Waals surface area contributed by atoms with Crippen molar-refractivity contribution in [2.45, 2.75) is 20.5 Å². The average molecular weight is 236 g/mol. The number of carbonyl (C=O) groups excluding carboxylic acids is 1. The van der Waals surface area contributed by atoms with Crippen molar-refractivity contribution >= 4 is 5.97 Å². The first kappa shape index (κ1) is 13.3. The molecule has 0 bridgehead atoms. The van der Waals surface area contributed by atoms with Gasteiger partial charge in [0.05, 0.1) is 13.2 Å². The second-order valence-electron chi connectivity index (χ2n) is 3.24. The van der Waals surface area contributed by atoms with E-state index in [2.05, 4.69) is 0 Å². The summed E-state index contributed by atoms with van der Waals surface area (Å²) >= 11 is 0. The lowest BCUT2D eigenvalue weighted by atomic mass is 10.2. The highest BCUT2D eigenvalue weighted by Crippen LogP contribution is 2.20. The SMILES string of the molecule is C/C=C(/Oc1ccccc1CO)C(=O)OCC. The van der Waals surface area contributed by atoms with E-state index in [1.165, 1.54) is 6.08 Å². The number of para-hydroxylation sites is 1. The van der Waals surface area contributed by atoms with E-state index in [-0.39, 0.29) is 12.4 Å². The summed E-state index contributed by atoms with van der Waals surface area (Å²) in [6.45, 7) is 3.57. The molecule has 0 atom stereocenters. The summed E-state index contributed by atoms with van der Waals surface area (Å²) in [6.07, 6.45) is 1.53. The molecule has 4 nitrogen and oxygen atoms in total. The van der Waals surface area contributed by atoms with Gasteiger partial charge in [-0.25, -0.2) is 4.79 Å². The summed E-state index contributed by atoms with van der Waals surface area (Å²) in [4.78, 5) is 11.5. The zero-order chi connectivity index (χ0) is 12.7. The number of hydrogen-bond donors (Lipinski definition) is 1. The topological polar surface area (TPSA) is 55.8 Å². The minimum Gasteiger partial charge on any atom is -0.460 e. The van der Waals surface area contributed by atoms with Gasteiger partial charge in [-0.15, -0.1) is 0 Å². The van der Waals surface area contributed by atoms with E-state index in [9.17, 15) is 4.79 Å². The summed E-state index contributed by atoms with van der Waals surface area (Å²) in [6, 6.07) is 6.98. The largest absolute Gasteiger partial charge is 0.460 e. The molecule has 1 aromatic carbocycles. The van der Waals surface area contributed by atoms with Crippen molar-refractivity contribution in [1.82, 2.24) is 0 Å². The van der Waals surface area contributed by atoms with Gasteiger partial charge < -0.3 is 14.6 Å². The summed E-state index contributed by atoms with van der Waals surface area (Å²) in [7, 11) is 0. The molecule has 0 saturated carbocycles. The number of benzene rings is 1. The highest BCUT2D eigenvalue weighted by Gasteiger charge is 2.13. The number of carbonyl (C=O) groups is 1. The van der Waals surface area contributed by atoms with Gasteiger partial charge in [-0.05, 0) is 26.0 Å². The Morgan fingerprint density at radius 3 is 2.71 bits per heavy atom. The Balaban J connectivity index is 2.85. The third kappa shape index (κ3) is 3.60. The summed E-state index contributed by atoms with van der Waals surface area (Å²) in [5.74, 6) is 0.0617. The van der Waals surface area contributed by atoms with Gasteiger partial charge >= 0.3 is 5.97 Å². The summed E-state index contributed by atoms with van der Waals surface area (Å²) < 4.78 is 10.3. The van der Waals surface area contributed by atoms with E-state index in [1.807, 2.05) is 0 Å². The predicted molar refractivity (Wildman–Crippen MR) is 63.4 cm³/mol. The molecular weight excluding hydrogens is 220 g/mol. The summed E-state index contributed by atoms with van der Waals surface area (Å²) in [5.41, 5.74) is 0.621. The Labute approximate surface area is 100 Å². The molecule has 0 heterocycles. The van der Waals surface area contributed by atoms with E-state index in [1.54, 1.807) is 38.1 Å². The van der Waals surface area contributed by atoms with Gasteiger partial charge in [-0.1, -0.05) is 18.2 Å². The molecule has 0 unspecified atom stereocenters. The molecule has 0 saturated heterocycles. The van der Waals surface area contributed by atoms with Crippen LogP contribution in [-0.2, 0) is 16.1 Å². The van der Waals surface area contributed by atoms with Crippen molar-refractivity contribution in [3.05, 3.63) is 41.7 Å². The van der Waals surface area contributed by atoms with Crippen LogP contribution < -0.4 is 4.74 Å². The number of aliphatic hydroxyl groups excluding tert-OH is 1. The minimum atomic E-state index is -0.511. The molecule has 92 valence electrons. The van der Waals surface area contributed by atoms with Crippen LogP contribution in [0.5, 0.6) is 5.75 Å². The highest BCUT2D eigenvalue weighted by atomic mass is 16.6. The molecule has 1 aromatic rings. The molecule has 17 heavy (non-hydrogen) atoms. The number of allylic oxidation sites excluding steroid dienone is 1. The molecule has 4 heteroatoms. The zero-order valence-electron chi connectivity index (χ0n) is 9.97. The fourth-order valence-electron chi connectivity index (χ4n) is 1.27. The van der Waals surface area contributed by atoms with Gasteiger partial charge in [0.2, 0.25) is 5.76 Å². The highest BCUT2D eigenvalue weighted by molar-refractivity contribution is 5.86. The van der Waals surface area contributed by atoms with E-state index in [0.717, 1.165) is 0 Å². The number of hydrogen-bond acceptors (Lipinski definition) is 4. The maximum absolute atomic E-state index is 11.5. The van der Waals surface area contributed by atoms with Crippen LogP contribution in [-0.4, -0.2) is 17.7 Å². The molecule has 0 aliphatic rings. The van der Waals surface area contributed by atoms with E-state index in [0.29, 0.717) is 17.9 Å². The van der Waals surface area contributed by atoms with Gasteiger partial charge in [-0.2, -0.15) is 0 Å². The normalized spacial score (nSPS) is 11.1. The van der Waals surface area contributed by atoms with Crippen molar-refractivity contribution < 1.29 is 19.4 Å². The Morgan fingerprint density at radius 2 is 2.12 bits per heavy atom. The molecule has 1 N–H and O–H groups in total. The molecule has 0 radical (unpaired) electrons. The first-order valence-electron chi connectivity index (χ1n) is 5.43. The lowest BCUT2D eigenvalue weighted by molar-refractivity contribution is -0.141. The molecule has 0 amide bonds. The molecule has 0 fully saturated rings. The average Bonchev–Trinajstić information content (AvgIpc) is 2.36. The Bertz CT molecular complexity index is 410. The van der Waals surface area contributed by atoms with Gasteiger partial charge in [0.25, 0.3) is 0 Å². The fraction of sp³-hybridized carbons (Fsp3) is 0.308. The van der Waals surface area contributed by atoms with E-state index >= 15 is 0 Å². The lowest BCUT2D eigenvalue weighted by Crippen LogP contribution is -2.13. The van der Waals surface area contributed by atoms with Crippen molar-refractivity contribution in [2.24, 2.45) is 0 Å². The van der Waals surface area contributed by atoms with Gasteiger partial charge in [0.1, 0.15) is 5.75 Å². The quantitative estimate of drug-likeness (QED) is 0.483. The fourth-order valence-corrected chi connectivity index (χ4v) is 1.27. The predicted octanol–water partition coefficient (Wildman–Crippen LogP) is 2.02. The first-order valence-corrected chi connectivity index (χ1v) is 5.43. The van der Waals surface area contributed by atoms with Crippen molar-refractivity contribution in [2.75, 3.05) is 6.61 Å². The first-order chi connectivity index (χ1) is 8.22. The second kappa shape index (κ2) is 6.70. The second-order valence-corrected chi connectivity index (χ2v) is 3.24. The Morgan fingerprint density at radius 1 is 1.41 bits per heavy atom. The van der Waals surface area contributed by atoms with Crippen molar-refractivity contribution in [1.29, 1.82) is 0 Å². The maximum atomic E-state index is 11.5. The van der Waals surface area contributed by atoms with Gasteiger partial charge in [0.15, 0.2) is 0 Å². The Kier molecular flexibility index (Phi) is 5.23. The van der Waals surface area contributed by atoms with Crippen LogP contribution in [0, 0.1) is 0 Å². The molecule has 0 aliphatic carbocycles. The lowest BCUT2D eigenvalue weighted by Gasteiger charge is -2.11. The minimum absolute atomic E-state index is 0.118. The van der Waals surface area contributed by atoms with E-state index in [4.69, 9.17) is 14.6 Å². The monoisotopic (exact) mass is 236 g/mol. The summed E-state index contributed by atoms with van der Waals surface area (Å²) in [5, 5.41) is 9.13. The third-order valence-corrected chi connectivity index (χ3v) is 2.10. The number of aliphatic hydroxyl groups is 1. The van der Waals surface area contributed by atoms with Gasteiger partial charge in [-0.3, -0.25) is 0 Å². The molecule has 0 aliphatic heterocycles. The molecule has 1 rings (SSSR count).